The van der Waals surface area contributed by atoms with Crippen LogP contribution in [0.1, 0.15) is 19.8 Å². The van der Waals surface area contributed by atoms with Crippen LogP contribution in [0, 0.1) is 5.92 Å². The average molecular weight is 390 g/mol. The van der Waals surface area contributed by atoms with Crippen molar-refractivity contribution < 1.29 is 4.74 Å². The fourth-order valence-corrected chi connectivity index (χ4v) is 3.42. The van der Waals surface area contributed by atoms with Crippen LogP contribution in [-0.4, -0.2) is 35.4 Å². The molecule has 0 bridgehead atoms. The molecule has 2 N–H and O–H groups in total. The number of ether oxygens (including phenoxy) is 1. The number of nitrogens with one attached hydrogen (secondary N) is 2. The van der Waals surface area contributed by atoms with E-state index in [2.05, 4.69) is 61.9 Å². The van der Waals surface area contributed by atoms with Gasteiger partial charge in [-0.05, 0) is 55.2 Å². The Balaban J connectivity index is 1.41. The summed E-state index contributed by atoms with van der Waals surface area (Å²) in [7, 11) is 1.64. The van der Waals surface area contributed by atoms with E-state index >= 15 is 0 Å². The molecule has 0 spiro atoms. The molecule has 0 amide bonds. The van der Waals surface area contributed by atoms with Gasteiger partial charge in [-0.1, -0.05) is 13.0 Å². The third-order valence-electron chi connectivity index (χ3n) is 5.17. The minimum atomic E-state index is 0.419. The van der Waals surface area contributed by atoms with Gasteiger partial charge < -0.3 is 20.3 Å². The van der Waals surface area contributed by atoms with Gasteiger partial charge in [0.25, 0.3) is 0 Å². The van der Waals surface area contributed by atoms with Gasteiger partial charge in [-0.25, -0.2) is 0 Å². The molecule has 0 aliphatic carbocycles. The molecule has 150 valence electrons. The lowest BCUT2D eigenvalue weighted by atomic mass is 9.99. The Morgan fingerprint density at radius 3 is 2.55 bits per heavy atom. The molecule has 1 aromatic heterocycles. The highest BCUT2D eigenvalue weighted by Gasteiger charge is 2.15. The van der Waals surface area contributed by atoms with E-state index in [4.69, 9.17) is 4.74 Å². The van der Waals surface area contributed by atoms with E-state index in [9.17, 15) is 0 Å². The number of benzene rings is 2. The van der Waals surface area contributed by atoms with Gasteiger partial charge in [-0.15, -0.1) is 5.10 Å². The van der Waals surface area contributed by atoms with Crippen molar-refractivity contribution in [3.05, 3.63) is 54.7 Å². The smallest absolute Gasteiger partial charge is 0.249 e. The summed E-state index contributed by atoms with van der Waals surface area (Å²) in [5.74, 6) is 2.64. The number of hydrogen-bond donors (Lipinski definition) is 2. The maximum atomic E-state index is 5.24. The van der Waals surface area contributed by atoms with Crippen LogP contribution in [0.15, 0.2) is 54.7 Å². The van der Waals surface area contributed by atoms with Crippen LogP contribution >= 0.6 is 0 Å². The number of methoxy groups -OCH3 is 1. The molecule has 1 aliphatic rings. The minimum Gasteiger partial charge on any atom is -0.497 e. The van der Waals surface area contributed by atoms with Crippen molar-refractivity contribution in [3.8, 4) is 5.75 Å². The molecule has 7 nitrogen and oxygen atoms in total. The Morgan fingerprint density at radius 1 is 1.00 bits per heavy atom. The molecule has 1 saturated heterocycles. The van der Waals surface area contributed by atoms with Gasteiger partial charge in [-0.2, -0.15) is 10.1 Å². The van der Waals surface area contributed by atoms with Crippen LogP contribution in [0.2, 0.25) is 0 Å². The number of anilines is 5. The average Bonchev–Trinajstić information content (AvgIpc) is 2.75. The van der Waals surface area contributed by atoms with Gasteiger partial charge >= 0.3 is 0 Å². The van der Waals surface area contributed by atoms with E-state index < -0.39 is 0 Å². The van der Waals surface area contributed by atoms with E-state index in [-0.39, 0.29) is 0 Å². The second-order valence-corrected chi connectivity index (χ2v) is 7.36. The molecule has 7 heteroatoms. The predicted octanol–water partition coefficient (Wildman–Crippen LogP) is 4.60. The Bertz CT molecular complexity index is 938. The summed E-state index contributed by atoms with van der Waals surface area (Å²) >= 11 is 0. The second-order valence-electron chi connectivity index (χ2n) is 7.36. The Morgan fingerprint density at radius 2 is 1.79 bits per heavy atom. The van der Waals surface area contributed by atoms with Crippen molar-refractivity contribution in [1.82, 2.24) is 15.2 Å². The standard InChI is InChI=1S/C22H26N6O/c1-16-10-12-28(13-11-16)19-8-6-17(7-9-19)24-21-15-23-27-22(26-21)25-18-4-3-5-20(14-18)29-2/h3-9,14-16H,10-13H2,1-2H3,(H2,24,25,26,27). The predicted molar refractivity (Wildman–Crippen MR) is 116 cm³/mol. The molecule has 1 aliphatic heterocycles. The van der Waals surface area contributed by atoms with Gasteiger partial charge in [-0.3, -0.25) is 0 Å². The van der Waals surface area contributed by atoms with Crippen molar-refractivity contribution >= 4 is 28.8 Å². The monoisotopic (exact) mass is 390 g/mol. The summed E-state index contributed by atoms with van der Waals surface area (Å²) in [5.41, 5.74) is 3.07. The molecule has 0 saturated carbocycles. The number of hydrogen-bond acceptors (Lipinski definition) is 7. The van der Waals surface area contributed by atoms with Crippen molar-refractivity contribution in [2.45, 2.75) is 19.8 Å². The Kier molecular flexibility index (Phi) is 5.74. The number of nitrogens with zero attached hydrogens (tertiary/aromatic N) is 4. The van der Waals surface area contributed by atoms with Gasteiger partial charge in [0.15, 0.2) is 5.82 Å². The van der Waals surface area contributed by atoms with E-state index in [0.29, 0.717) is 11.8 Å². The Labute approximate surface area is 171 Å². The molecule has 0 atom stereocenters. The molecule has 0 radical (unpaired) electrons. The summed E-state index contributed by atoms with van der Waals surface area (Å²) < 4.78 is 5.24. The molecule has 1 fully saturated rings. The maximum Gasteiger partial charge on any atom is 0.249 e. The SMILES string of the molecule is COc1cccc(Nc2nncc(Nc3ccc(N4CCC(C)CC4)cc3)n2)c1. The van der Waals surface area contributed by atoms with Crippen molar-refractivity contribution in [1.29, 1.82) is 0 Å². The van der Waals surface area contributed by atoms with Crippen molar-refractivity contribution in [2.24, 2.45) is 5.92 Å². The zero-order chi connectivity index (χ0) is 20.1. The first-order valence-electron chi connectivity index (χ1n) is 9.92. The zero-order valence-corrected chi connectivity index (χ0v) is 16.8. The third-order valence-corrected chi connectivity index (χ3v) is 5.17. The number of piperidine rings is 1. The van der Waals surface area contributed by atoms with Gasteiger partial charge in [0.1, 0.15) is 5.75 Å². The number of rotatable bonds is 6. The van der Waals surface area contributed by atoms with E-state index in [1.165, 1.54) is 18.5 Å². The first-order chi connectivity index (χ1) is 14.2. The Hall–Kier alpha value is -3.35. The highest BCUT2D eigenvalue weighted by molar-refractivity contribution is 5.62. The second kappa shape index (κ2) is 8.77. The molecule has 2 heterocycles. The molecular weight excluding hydrogens is 364 g/mol. The van der Waals surface area contributed by atoms with E-state index in [1.54, 1.807) is 13.3 Å². The number of aromatic nitrogens is 3. The van der Waals surface area contributed by atoms with E-state index in [0.717, 1.165) is 36.1 Å². The quantitative estimate of drug-likeness (QED) is 0.637. The molecule has 0 unspecified atom stereocenters. The fraction of sp³-hybridized carbons (Fsp3) is 0.318. The minimum absolute atomic E-state index is 0.419. The van der Waals surface area contributed by atoms with Gasteiger partial charge in [0.05, 0.1) is 13.3 Å². The summed E-state index contributed by atoms with van der Waals surface area (Å²) in [5, 5.41) is 14.5. The third kappa shape index (κ3) is 4.93. The normalized spacial score (nSPS) is 14.5. The van der Waals surface area contributed by atoms with Crippen LogP contribution in [0.5, 0.6) is 5.75 Å². The van der Waals surface area contributed by atoms with Crippen LogP contribution in [-0.2, 0) is 0 Å². The topological polar surface area (TPSA) is 75.2 Å². The molecule has 4 rings (SSSR count). The zero-order valence-electron chi connectivity index (χ0n) is 16.8. The summed E-state index contributed by atoms with van der Waals surface area (Å²) in [6, 6.07) is 16.0. The summed E-state index contributed by atoms with van der Waals surface area (Å²) in [6.45, 7) is 4.59. The first kappa shape index (κ1) is 19.0. The fourth-order valence-electron chi connectivity index (χ4n) is 3.42. The lowest BCUT2D eigenvalue weighted by Crippen LogP contribution is -2.32. The lowest BCUT2D eigenvalue weighted by Gasteiger charge is -2.32. The van der Waals surface area contributed by atoms with Crippen LogP contribution in [0.4, 0.5) is 28.8 Å². The first-order valence-corrected chi connectivity index (χ1v) is 9.92. The van der Waals surface area contributed by atoms with Crippen LogP contribution in [0.25, 0.3) is 0 Å². The molecule has 2 aromatic carbocycles. The van der Waals surface area contributed by atoms with Crippen molar-refractivity contribution in [2.75, 3.05) is 35.7 Å². The highest BCUT2D eigenvalue weighted by Crippen LogP contribution is 2.25. The molecule has 3 aromatic rings. The van der Waals surface area contributed by atoms with Crippen molar-refractivity contribution in [3.63, 3.8) is 0 Å². The largest absolute Gasteiger partial charge is 0.497 e. The van der Waals surface area contributed by atoms with Crippen LogP contribution < -0.4 is 20.3 Å². The van der Waals surface area contributed by atoms with E-state index in [1.807, 2.05) is 24.3 Å². The van der Waals surface area contributed by atoms with Crippen LogP contribution in [0.3, 0.4) is 0 Å². The molecular formula is C22H26N6O. The lowest BCUT2D eigenvalue weighted by molar-refractivity contribution is 0.415. The van der Waals surface area contributed by atoms with Gasteiger partial charge in [0, 0.05) is 36.2 Å². The summed E-state index contributed by atoms with van der Waals surface area (Å²) in [4.78, 5) is 6.94. The van der Waals surface area contributed by atoms with Gasteiger partial charge in [0.2, 0.25) is 5.95 Å². The maximum absolute atomic E-state index is 5.24. The molecule has 29 heavy (non-hydrogen) atoms. The highest BCUT2D eigenvalue weighted by atomic mass is 16.5. The summed E-state index contributed by atoms with van der Waals surface area (Å²) in [6.07, 6.45) is 4.13.